The highest BCUT2D eigenvalue weighted by molar-refractivity contribution is 7.98. The number of carboxylic acid groups (broad SMARTS) is 1. The Balaban J connectivity index is 1.60. The highest BCUT2D eigenvalue weighted by Gasteiger charge is 2.30. The number of carbonyl (C=O) groups excluding carboxylic acids is 2. The van der Waals surface area contributed by atoms with Crippen molar-refractivity contribution in [3.05, 3.63) is 59.7 Å². The van der Waals surface area contributed by atoms with E-state index in [9.17, 15) is 14.4 Å². The van der Waals surface area contributed by atoms with Crippen LogP contribution in [-0.2, 0) is 14.3 Å². The molecule has 2 aromatic rings. The summed E-state index contributed by atoms with van der Waals surface area (Å²) in [5.74, 6) is -0.744. The summed E-state index contributed by atoms with van der Waals surface area (Å²) in [5.41, 5.74) is 4.54. The normalized spacial score (nSPS) is 13.9. The second-order valence-electron chi connectivity index (χ2n) is 8.42. The molecule has 8 heteroatoms. The molecule has 182 valence electrons. The minimum atomic E-state index is -0.892. The third-order valence-electron chi connectivity index (χ3n) is 6.17. The van der Waals surface area contributed by atoms with E-state index in [1.807, 2.05) is 37.4 Å². The van der Waals surface area contributed by atoms with Crippen LogP contribution in [0.4, 0.5) is 4.79 Å². The van der Waals surface area contributed by atoms with Gasteiger partial charge in [-0.2, -0.15) is 11.8 Å². The number of aliphatic carboxylic acids is 1. The van der Waals surface area contributed by atoms with Gasteiger partial charge in [-0.3, -0.25) is 9.59 Å². The zero-order valence-corrected chi connectivity index (χ0v) is 20.4. The van der Waals surface area contributed by atoms with Crippen LogP contribution in [0.1, 0.15) is 43.2 Å². The maximum atomic E-state index is 12.7. The number of hydrogen-bond acceptors (Lipinski definition) is 5. The van der Waals surface area contributed by atoms with Gasteiger partial charge in [0.15, 0.2) is 0 Å². The van der Waals surface area contributed by atoms with Crippen molar-refractivity contribution in [1.82, 2.24) is 10.6 Å². The minimum Gasteiger partial charge on any atom is -0.481 e. The molecule has 34 heavy (non-hydrogen) atoms. The number of ether oxygens (including phenoxy) is 1. The standard InChI is InChI=1S/C26H32N2O5S/c1-3-17(14-24(29)30)15-27-25(31)23(12-13-34-2)28-26(32)33-16-22-20-10-6-4-8-18(20)19-9-5-7-11-21(19)22/h4-11,17,22-23H,3,12-16H2,1-2H3,(H,27,31)(H,28,32)(H,29,30)/t17?,23-/m0/s1. The Bertz CT molecular complexity index is 967. The Morgan fingerprint density at radius 3 is 2.24 bits per heavy atom. The average Bonchev–Trinajstić information content (AvgIpc) is 3.16. The van der Waals surface area contributed by atoms with Crippen LogP contribution in [0.5, 0.6) is 0 Å². The van der Waals surface area contributed by atoms with Crippen LogP contribution in [-0.4, -0.2) is 54.3 Å². The van der Waals surface area contributed by atoms with E-state index in [-0.39, 0.29) is 37.3 Å². The summed E-state index contributed by atoms with van der Waals surface area (Å²) in [5, 5.41) is 14.5. The predicted octanol–water partition coefficient (Wildman–Crippen LogP) is 4.26. The van der Waals surface area contributed by atoms with E-state index >= 15 is 0 Å². The van der Waals surface area contributed by atoms with Crippen molar-refractivity contribution in [3.63, 3.8) is 0 Å². The third-order valence-corrected chi connectivity index (χ3v) is 6.81. The molecule has 0 aliphatic heterocycles. The summed E-state index contributed by atoms with van der Waals surface area (Å²) in [6.45, 7) is 2.32. The van der Waals surface area contributed by atoms with E-state index in [2.05, 4.69) is 34.9 Å². The Hall–Kier alpha value is -3.00. The molecule has 3 N–H and O–H groups in total. The van der Waals surface area contributed by atoms with E-state index < -0.39 is 18.1 Å². The molecule has 0 fully saturated rings. The molecule has 0 saturated heterocycles. The van der Waals surface area contributed by atoms with Crippen LogP contribution < -0.4 is 10.6 Å². The summed E-state index contributed by atoms with van der Waals surface area (Å²) in [6.07, 6.45) is 2.38. The molecule has 0 spiro atoms. The molecule has 0 saturated carbocycles. The van der Waals surface area contributed by atoms with Gasteiger partial charge in [-0.05, 0) is 46.6 Å². The van der Waals surface area contributed by atoms with Crippen molar-refractivity contribution in [2.24, 2.45) is 5.92 Å². The highest BCUT2D eigenvalue weighted by atomic mass is 32.2. The second kappa shape index (κ2) is 12.5. The Morgan fingerprint density at radius 2 is 1.68 bits per heavy atom. The summed E-state index contributed by atoms with van der Waals surface area (Å²) >= 11 is 1.58. The molecule has 2 amide bonds. The first-order valence-electron chi connectivity index (χ1n) is 11.5. The lowest BCUT2D eigenvalue weighted by Gasteiger charge is -2.21. The SMILES string of the molecule is CCC(CNC(=O)[C@H](CCSC)NC(=O)OCC1c2ccccc2-c2ccccc21)CC(=O)O. The molecule has 0 aromatic heterocycles. The molecule has 1 unspecified atom stereocenters. The fourth-order valence-corrected chi connectivity index (χ4v) is 4.73. The predicted molar refractivity (Wildman–Crippen MR) is 134 cm³/mol. The van der Waals surface area contributed by atoms with E-state index in [1.54, 1.807) is 11.8 Å². The zero-order chi connectivity index (χ0) is 24.5. The molecule has 0 bridgehead atoms. The second-order valence-corrected chi connectivity index (χ2v) is 9.41. The van der Waals surface area contributed by atoms with Crippen molar-refractivity contribution < 1.29 is 24.2 Å². The van der Waals surface area contributed by atoms with Gasteiger partial charge >= 0.3 is 12.1 Å². The summed E-state index contributed by atoms with van der Waals surface area (Å²) in [4.78, 5) is 36.4. The van der Waals surface area contributed by atoms with Crippen molar-refractivity contribution in [1.29, 1.82) is 0 Å². The number of thioether (sulfide) groups is 1. The van der Waals surface area contributed by atoms with Gasteiger partial charge < -0.3 is 20.5 Å². The van der Waals surface area contributed by atoms with Gasteiger partial charge in [0.2, 0.25) is 5.91 Å². The first-order valence-corrected chi connectivity index (χ1v) is 12.9. The number of carbonyl (C=O) groups is 3. The lowest BCUT2D eigenvalue weighted by atomic mass is 9.98. The van der Waals surface area contributed by atoms with Gasteiger partial charge in [0.25, 0.3) is 0 Å². The van der Waals surface area contributed by atoms with Crippen LogP contribution in [0, 0.1) is 5.92 Å². The molecule has 2 aromatic carbocycles. The Labute approximate surface area is 204 Å². The van der Waals surface area contributed by atoms with Crippen molar-refractivity contribution in [3.8, 4) is 11.1 Å². The van der Waals surface area contributed by atoms with Crippen LogP contribution in [0.25, 0.3) is 11.1 Å². The van der Waals surface area contributed by atoms with E-state index in [0.717, 1.165) is 22.3 Å². The quantitative estimate of drug-likeness (QED) is 0.416. The number of rotatable bonds is 12. The Morgan fingerprint density at radius 1 is 1.06 bits per heavy atom. The van der Waals surface area contributed by atoms with Gasteiger partial charge in [-0.15, -0.1) is 0 Å². The van der Waals surface area contributed by atoms with Gasteiger partial charge in [0, 0.05) is 18.9 Å². The number of hydrogen-bond donors (Lipinski definition) is 3. The molecular weight excluding hydrogens is 452 g/mol. The van der Waals surface area contributed by atoms with Gasteiger partial charge in [-0.1, -0.05) is 61.9 Å². The number of carboxylic acids is 1. The smallest absolute Gasteiger partial charge is 0.407 e. The third kappa shape index (κ3) is 6.53. The Kier molecular flexibility index (Phi) is 9.39. The van der Waals surface area contributed by atoms with Crippen molar-refractivity contribution >= 4 is 29.7 Å². The minimum absolute atomic E-state index is 0.00787. The lowest BCUT2D eigenvalue weighted by molar-refractivity contribution is -0.138. The maximum absolute atomic E-state index is 12.7. The van der Waals surface area contributed by atoms with E-state index in [1.165, 1.54) is 0 Å². The number of fused-ring (bicyclic) bond motifs is 3. The zero-order valence-electron chi connectivity index (χ0n) is 19.6. The van der Waals surface area contributed by atoms with Crippen molar-refractivity contribution in [2.75, 3.05) is 25.2 Å². The molecule has 7 nitrogen and oxygen atoms in total. The first-order chi connectivity index (χ1) is 16.4. The molecule has 1 aliphatic carbocycles. The number of benzene rings is 2. The molecule has 2 atom stereocenters. The summed E-state index contributed by atoms with van der Waals surface area (Å²) in [6, 6.07) is 15.5. The van der Waals surface area contributed by atoms with Crippen molar-refractivity contribution in [2.45, 2.75) is 38.1 Å². The van der Waals surface area contributed by atoms with Crippen LogP contribution in [0.15, 0.2) is 48.5 Å². The first kappa shape index (κ1) is 25.6. The van der Waals surface area contributed by atoms with Gasteiger partial charge in [-0.25, -0.2) is 4.79 Å². The van der Waals surface area contributed by atoms with Crippen LogP contribution in [0.2, 0.25) is 0 Å². The maximum Gasteiger partial charge on any atom is 0.407 e. The molecule has 3 rings (SSSR count). The topological polar surface area (TPSA) is 105 Å². The number of amides is 2. The van der Waals surface area contributed by atoms with Crippen LogP contribution in [0.3, 0.4) is 0 Å². The van der Waals surface area contributed by atoms with Gasteiger partial charge in [0.05, 0.1) is 0 Å². The van der Waals surface area contributed by atoms with Gasteiger partial charge in [0.1, 0.15) is 12.6 Å². The summed E-state index contributed by atoms with van der Waals surface area (Å²) < 4.78 is 5.59. The molecule has 1 aliphatic rings. The fraction of sp³-hybridized carbons (Fsp3) is 0.423. The monoisotopic (exact) mass is 484 g/mol. The number of nitrogens with one attached hydrogen (secondary N) is 2. The average molecular weight is 485 g/mol. The van der Waals surface area contributed by atoms with Crippen LogP contribution >= 0.6 is 11.8 Å². The molecular formula is C26H32N2O5S. The molecule has 0 heterocycles. The van der Waals surface area contributed by atoms with E-state index in [0.29, 0.717) is 18.6 Å². The van der Waals surface area contributed by atoms with E-state index in [4.69, 9.17) is 9.84 Å². The fourth-order valence-electron chi connectivity index (χ4n) is 4.26. The molecule has 0 radical (unpaired) electrons. The number of alkyl carbamates (subject to hydrolysis) is 1. The lowest BCUT2D eigenvalue weighted by Crippen LogP contribution is -2.48. The highest BCUT2D eigenvalue weighted by Crippen LogP contribution is 2.44. The summed E-state index contributed by atoms with van der Waals surface area (Å²) in [7, 11) is 0. The largest absolute Gasteiger partial charge is 0.481 e.